The first kappa shape index (κ1) is 36.5. The van der Waals surface area contributed by atoms with Crippen LogP contribution in [0.3, 0.4) is 0 Å². The fraction of sp³-hybridized carbons (Fsp3) is 0.333. The number of carbonyl (C=O) groups is 3. The number of ether oxygens (including phenoxy) is 1. The van der Waals surface area contributed by atoms with E-state index in [1.807, 2.05) is 60.7 Å². The second kappa shape index (κ2) is 16.0. The molecule has 0 spiro atoms. The number of nitrogens with one attached hydrogen (secondary N) is 2. The summed E-state index contributed by atoms with van der Waals surface area (Å²) < 4.78 is 46.3. The van der Waals surface area contributed by atoms with Gasteiger partial charge in [-0.2, -0.15) is 18.3 Å². The number of para-hydroxylation sites is 1. The molecular weight excluding hydrogens is 673 g/mol. The monoisotopic (exact) mass is 714 g/mol. The van der Waals surface area contributed by atoms with E-state index >= 15 is 0 Å². The average molecular weight is 715 g/mol. The summed E-state index contributed by atoms with van der Waals surface area (Å²) in [5, 5.41) is 9.91. The van der Waals surface area contributed by atoms with Gasteiger partial charge in [-0.25, -0.2) is 4.68 Å². The number of likely N-dealkylation sites (tertiary alicyclic amines) is 1. The standard InChI is InChI=1S/C22H19F3N4O2.C17H22N2O2/c1-2-28-20-15(13-26-29(20)17-9-4-3-5-10-17)12-18(21(28)31)27-19(30)14-7-6-8-16(11-14)22(23,24)25;1-13(10-19-11-15-7-8-16(12-19)21-15)17(20)18-9-14-5-3-2-4-6-14/h3-11,13,18H,2,12H2,1H3,(H,27,30);2-6,15-16H,1,7-12H2,(H,18,20). The highest BCUT2D eigenvalue weighted by Gasteiger charge is 2.37. The number of benzene rings is 3. The predicted molar refractivity (Wildman–Crippen MR) is 190 cm³/mol. The van der Waals surface area contributed by atoms with Gasteiger partial charge in [0.05, 0.1) is 29.7 Å². The number of amides is 3. The van der Waals surface area contributed by atoms with Crippen molar-refractivity contribution in [2.45, 2.75) is 57.2 Å². The molecule has 52 heavy (non-hydrogen) atoms. The first-order valence-electron chi connectivity index (χ1n) is 17.3. The van der Waals surface area contributed by atoms with Crippen molar-refractivity contribution in [1.29, 1.82) is 0 Å². The van der Waals surface area contributed by atoms with Gasteiger partial charge in [0.25, 0.3) is 11.8 Å². The second-order valence-corrected chi connectivity index (χ2v) is 13.1. The van der Waals surface area contributed by atoms with Crippen molar-refractivity contribution < 1.29 is 32.3 Å². The Hall–Kier alpha value is -5.27. The van der Waals surface area contributed by atoms with E-state index in [9.17, 15) is 27.6 Å². The van der Waals surface area contributed by atoms with E-state index in [0.29, 0.717) is 43.2 Å². The van der Waals surface area contributed by atoms with Crippen LogP contribution >= 0.6 is 0 Å². The number of anilines is 1. The highest BCUT2D eigenvalue weighted by molar-refractivity contribution is 6.04. The lowest BCUT2D eigenvalue weighted by molar-refractivity contribution is -0.137. The summed E-state index contributed by atoms with van der Waals surface area (Å²) in [4.78, 5) is 41.6. The Bertz CT molecular complexity index is 1890. The smallest absolute Gasteiger partial charge is 0.372 e. The summed E-state index contributed by atoms with van der Waals surface area (Å²) >= 11 is 0. The number of rotatable bonds is 9. The van der Waals surface area contributed by atoms with Gasteiger partial charge in [-0.3, -0.25) is 24.2 Å². The van der Waals surface area contributed by atoms with Crippen molar-refractivity contribution in [3.8, 4) is 5.69 Å². The van der Waals surface area contributed by atoms with Gasteiger partial charge in [0.15, 0.2) is 0 Å². The molecule has 2 N–H and O–H groups in total. The van der Waals surface area contributed by atoms with Gasteiger partial charge in [-0.1, -0.05) is 61.2 Å². The minimum absolute atomic E-state index is 0.0577. The molecule has 2 fully saturated rings. The molecule has 10 nitrogen and oxygen atoms in total. The number of hydrogen-bond acceptors (Lipinski definition) is 6. The van der Waals surface area contributed by atoms with Gasteiger partial charge in [-0.05, 0) is 55.7 Å². The molecule has 7 rings (SSSR count). The molecule has 272 valence electrons. The van der Waals surface area contributed by atoms with E-state index in [1.165, 1.54) is 17.0 Å². The zero-order valence-electron chi connectivity index (χ0n) is 28.8. The molecule has 3 aliphatic heterocycles. The van der Waals surface area contributed by atoms with E-state index < -0.39 is 23.7 Å². The molecule has 2 bridgehead atoms. The highest BCUT2D eigenvalue weighted by Crippen LogP contribution is 2.32. The predicted octanol–water partition coefficient (Wildman–Crippen LogP) is 5.32. The minimum Gasteiger partial charge on any atom is -0.372 e. The van der Waals surface area contributed by atoms with Crippen LogP contribution < -0.4 is 15.5 Å². The molecular formula is C39H41F3N6O4. The number of fused-ring (bicyclic) bond motifs is 3. The number of carbonyl (C=O) groups excluding carboxylic acids is 3. The third-order valence-corrected chi connectivity index (χ3v) is 9.29. The Morgan fingerprint density at radius 3 is 2.29 bits per heavy atom. The fourth-order valence-corrected chi connectivity index (χ4v) is 6.74. The van der Waals surface area contributed by atoms with Crippen LogP contribution in [0.25, 0.3) is 5.69 Å². The Labute approximate surface area is 300 Å². The molecule has 4 heterocycles. The number of alkyl halides is 3. The number of halogens is 3. The Morgan fingerprint density at radius 1 is 0.962 bits per heavy atom. The SMILES string of the molecule is C=C(CN1CC2CCC(C1)O2)C(=O)NCc1ccccc1.CCN1C(=O)C(NC(=O)c2cccc(C(F)(F)F)c2)Cc2cnn(-c3ccccc3)c21. The van der Waals surface area contributed by atoms with Crippen molar-refractivity contribution in [2.75, 3.05) is 31.1 Å². The first-order valence-corrected chi connectivity index (χ1v) is 17.3. The molecule has 0 radical (unpaired) electrons. The zero-order chi connectivity index (χ0) is 36.8. The lowest BCUT2D eigenvalue weighted by Gasteiger charge is -2.32. The van der Waals surface area contributed by atoms with E-state index in [-0.39, 0.29) is 23.8 Å². The number of morpholine rings is 1. The average Bonchev–Trinajstić information content (AvgIpc) is 3.73. The van der Waals surface area contributed by atoms with Crippen molar-refractivity contribution in [3.63, 3.8) is 0 Å². The number of nitrogens with zero attached hydrogens (tertiary/aromatic N) is 4. The molecule has 3 atom stereocenters. The van der Waals surface area contributed by atoms with Gasteiger partial charge < -0.3 is 15.4 Å². The molecule has 0 saturated carbocycles. The van der Waals surface area contributed by atoms with Crippen molar-refractivity contribution in [2.24, 2.45) is 0 Å². The Morgan fingerprint density at radius 2 is 1.63 bits per heavy atom. The van der Waals surface area contributed by atoms with Gasteiger partial charge in [-0.15, -0.1) is 0 Å². The van der Waals surface area contributed by atoms with E-state index in [2.05, 4.69) is 27.2 Å². The summed E-state index contributed by atoms with van der Waals surface area (Å²) in [6, 6.07) is 22.5. The van der Waals surface area contributed by atoms with Crippen LogP contribution in [0.4, 0.5) is 19.0 Å². The highest BCUT2D eigenvalue weighted by atomic mass is 19.4. The molecule has 4 aromatic rings. The quantitative estimate of drug-likeness (QED) is 0.228. The molecule has 3 amide bonds. The van der Waals surface area contributed by atoms with Gasteiger partial charge in [0.1, 0.15) is 11.9 Å². The third-order valence-electron chi connectivity index (χ3n) is 9.29. The van der Waals surface area contributed by atoms with Gasteiger partial charge in [0.2, 0.25) is 5.91 Å². The number of hydrogen-bond donors (Lipinski definition) is 2. The van der Waals surface area contributed by atoms with Crippen LogP contribution in [-0.4, -0.2) is 76.8 Å². The molecule has 1 aromatic heterocycles. The van der Waals surface area contributed by atoms with Crippen molar-refractivity contribution in [1.82, 2.24) is 25.3 Å². The lowest BCUT2D eigenvalue weighted by atomic mass is 10.0. The van der Waals surface area contributed by atoms with Crippen LogP contribution in [0.2, 0.25) is 0 Å². The largest absolute Gasteiger partial charge is 0.416 e. The van der Waals surface area contributed by atoms with Crippen molar-refractivity contribution in [3.05, 3.63) is 126 Å². The fourth-order valence-electron chi connectivity index (χ4n) is 6.74. The molecule has 3 unspecified atom stereocenters. The molecule has 2 saturated heterocycles. The minimum atomic E-state index is -4.56. The van der Waals surface area contributed by atoms with E-state index in [0.717, 1.165) is 54.9 Å². The summed E-state index contributed by atoms with van der Waals surface area (Å²) in [7, 11) is 0. The van der Waals surface area contributed by atoms with Crippen molar-refractivity contribution >= 4 is 23.5 Å². The number of aromatic nitrogens is 2. The van der Waals surface area contributed by atoms with E-state index in [4.69, 9.17) is 4.74 Å². The number of likely N-dealkylation sites (N-methyl/N-ethyl adjacent to an activating group) is 1. The summed E-state index contributed by atoms with van der Waals surface area (Å²) in [5.41, 5.74) is 2.21. The summed E-state index contributed by atoms with van der Waals surface area (Å²) in [6.07, 6.45) is 0.273. The maximum Gasteiger partial charge on any atom is 0.416 e. The molecule has 0 aliphatic carbocycles. The Balaban J connectivity index is 0.000000192. The lowest BCUT2D eigenvalue weighted by Crippen LogP contribution is -2.53. The van der Waals surface area contributed by atoms with Gasteiger partial charge >= 0.3 is 6.18 Å². The van der Waals surface area contributed by atoms with Crippen LogP contribution in [0.15, 0.2) is 103 Å². The van der Waals surface area contributed by atoms with Crippen LogP contribution in [0.1, 0.15) is 46.8 Å². The summed E-state index contributed by atoms with van der Waals surface area (Å²) in [6.45, 7) is 9.11. The van der Waals surface area contributed by atoms with E-state index in [1.54, 1.807) is 17.8 Å². The van der Waals surface area contributed by atoms with Crippen LogP contribution in [-0.2, 0) is 33.5 Å². The third kappa shape index (κ3) is 8.60. The maximum atomic E-state index is 13.1. The Kier molecular flexibility index (Phi) is 11.2. The topological polar surface area (TPSA) is 109 Å². The maximum absolute atomic E-state index is 13.1. The summed E-state index contributed by atoms with van der Waals surface area (Å²) in [5.74, 6) is -0.506. The zero-order valence-corrected chi connectivity index (χ0v) is 28.8. The van der Waals surface area contributed by atoms with Crippen LogP contribution in [0.5, 0.6) is 0 Å². The van der Waals surface area contributed by atoms with Crippen LogP contribution in [0, 0.1) is 0 Å². The molecule has 3 aromatic carbocycles. The normalized spacial score (nSPS) is 19.7. The first-order chi connectivity index (χ1) is 25.0. The van der Waals surface area contributed by atoms with Gasteiger partial charge in [0, 0.05) is 55.8 Å². The molecule has 13 heteroatoms. The second-order valence-electron chi connectivity index (χ2n) is 13.1. The molecule has 3 aliphatic rings.